The third-order valence-corrected chi connectivity index (χ3v) is 2.21. The highest BCUT2D eigenvalue weighted by Gasteiger charge is 2.20. The van der Waals surface area contributed by atoms with Crippen LogP contribution in [0.2, 0.25) is 0 Å². The van der Waals surface area contributed by atoms with E-state index < -0.39 is 11.7 Å². The number of nitrogens with zero attached hydrogens (tertiary/aromatic N) is 1. The molecular formula is C11H23ClN2O2. The van der Waals surface area contributed by atoms with Gasteiger partial charge in [0.05, 0.1) is 0 Å². The van der Waals surface area contributed by atoms with Crippen molar-refractivity contribution in [2.45, 2.75) is 52.1 Å². The smallest absolute Gasteiger partial charge is 0.425 e. The fourth-order valence-electron chi connectivity index (χ4n) is 1.15. The van der Waals surface area contributed by atoms with Crippen molar-refractivity contribution in [3.63, 3.8) is 0 Å². The van der Waals surface area contributed by atoms with Crippen LogP contribution in [0.15, 0.2) is 0 Å². The Bertz CT molecular complexity index is 205. The lowest BCUT2D eigenvalue weighted by molar-refractivity contribution is 0.0391. The van der Waals surface area contributed by atoms with Gasteiger partial charge in [-0.3, -0.25) is 0 Å². The molecule has 0 aliphatic heterocycles. The molecule has 1 amide bonds. The summed E-state index contributed by atoms with van der Waals surface area (Å²) < 4.78 is 6.22. The molecule has 5 heteroatoms. The molecular weight excluding hydrogens is 228 g/mol. The second-order valence-electron chi connectivity index (χ2n) is 4.77. The van der Waals surface area contributed by atoms with Crippen LogP contribution in [0.3, 0.4) is 0 Å². The Morgan fingerprint density at radius 1 is 1.25 bits per heavy atom. The average Bonchev–Trinajstić information content (AvgIpc) is 2.14. The largest absolute Gasteiger partial charge is 0.443 e. The summed E-state index contributed by atoms with van der Waals surface area (Å²) in [5.41, 5.74) is 4.88. The normalized spacial score (nSPS) is 11.3. The predicted molar refractivity (Wildman–Crippen MR) is 66.3 cm³/mol. The summed E-state index contributed by atoms with van der Waals surface area (Å²) in [6.07, 6.45) is 3.53. The number of hydrogen-bond donors (Lipinski definition) is 1. The molecule has 0 rings (SSSR count). The van der Waals surface area contributed by atoms with Crippen molar-refractivity contribution < 1.29 is 9.53 Å². The summed E-state index contributed by atoms with van der Waals surface area (Å²) >= 11 is 5.78. The molecule has 0 aromatic carbocycles. The minimum Gasteiger partial charge on any atom is -0.443 e. The lowest BCUT2D eigenvalue weighted by Crippen LogP contribution is -2.31. The molecule has 0 fully saturated rings. The van der Waals surface area contributed by atoms with Crippen LogP contribution < -0.4 is 5.73 Å². The van der Waals surface area contributed by atoms with Crippen LogP contribution in [0.25, 0.3) is 0 Å². The Morgan fingerprint density at radius 3 is 2.31 bits per heavy atom. The molecule has 4 nitrogen and oxygen atoms in total. The third-order valence-electron chi connectivity index (χ3n) is 1.90. The maximum absolute atomic E-state index is 11.4. The fraction of sp³-hybridized carbons (Fsp3) is 0.909. The summed E-state index contributed by atoms with van der Waals surface area (Å²) in [7, 11) is 0. The lowest BCUT2D eigenvalue weighted by Gasteiger charge is -2.22. The van der Waals surface area contributed by atoms with Gasteiger partial charge in [0.15, 0.2) is 0 Å². The lowest BCUT2D eigenvalue weighted by atomic mass is 10.2. The van der Waals surface area contributed by atoms with E-state index in [1.807, 2.05) is 20.8 Å². The minimum atomic E-state index is -0.496. The Morgan fingerprint density at radius 2 is 1.81 bits per heavy atom. The zero-order valence-corrected chi connectivity index (χ0v) is 11.2. The first kappa shape index (κ1) is 15.5. The van der Waals surface area contributed by atoms with E-state index in [9.17, 15) is 4.79 Å². The van der Waals surface area contributed by atoms with E-state index in [0.29, 0.717) is 6.54 Å². The first-order valence-electron chi connectivity index (χ1n) is 5.73. The number of carbonyl (C=O) groups is 1. The minimum absolute atomic E-state index is 0.479. The molecule has 0 saturated carbocycles. The summed E-state index contributed by atoms with van der Waals surface area (Å²) in [6, 6.07) is 0. The third kappa shape index (κ3) is 8.80. The van der Waals surface area contributed by atoms with Gasteiger partial charge in [-0.15, -0.1) is 0 Å². The van der Waals surface area contributed by atoms with Crippen molar-refractivity contribution >= 4 is 17.9 Å². The predicted octanol–water partition coefficient (Wildman–Crippen LogP) is 2.90. The maximum Gasteiger partial charge on any atom is 0.425 e. The van der Waals surface area contributed by atoms with E-state index in [1.54, 1.807) is 0 Å². The van der Waals surface area contributed by atoms with Gasteiger partial charge in [-0.1, -0.05) is 12.8 Å². The van der Waals surface area contributed by atoms with Crippen LogP contribution in [0.1, 0.15) is 46.5 Å². The molecule has 16 heavy (non-hydrogen) atoms. The van der Waals surface area contributed by atoms with Gasteiger partial charge in [0.25, 0.3) is 0 Å². The molecule has 0 aliphatic carbocycles. The number of nitrogens with two attached hydrogens (primary N) is 1. The molecule has 96 valence electrons. The molecule has 0 aliphatic rings. The van der Waals surface area contributed by atoms with Crippen molar-refractivity contribution in [2.24, 2.45) is 5.73 Å². The fourth-order valence-corrected chi connectivity index (χ4v) is 1.31. The molecule has 0 aromatic rings. The van der Waals surface area contributed by atoms with Crippen LogP contribution in [0.4, 0.5) is 4.79 Å². The number of amides is 1. The summed E-state index contributed by atoms with van der Waals surface area (Å²) in [4.78, 5) is 11.4. The van der Waals surface area contributed by atoms with E-state index in [2.05, 4.69) is 0 Å². The van der Waals surface area contributed by atoms with E-state index in [1.165, 1.54) is 0 Å². The monoisotopic (exact) mass is 250 g/mol. The van der Waals surface area contributed by atoms with Gasteiger partial charge in [0, 0.05) is 18.3 Å². The van der Waals surface area contributed by atoms with Gasteiger partial charge in [-0.25, -0.2) is 9.21 Å². The van der Waals surface area contributed by atoms with Crippen molar-refractivity contribution in [1.82, 2.24) is 4.42 Å². The first-order valence-corrected chi connectivity index (χ1v) is 6.07. The molecule has 0 heterocycles. The number of hydrogen-bond acceptors (Lipinski definition) is 3. The van der Waals surface area contributed by atoms with Gasteiger partial charge in [0.2, 0.25) is 0 Å². The number of unbranched alkanes of at least 4 members (excludes halogenated alkanes) is 3. The highest BCUT2D eigenvalue weighted by molar-refractivity contribution is 6.20. The molecule has 0 bridgehead atoms. The maximum atomic E-state index is 11.4. The average molecular weight is 251 g/mol. The SMILES string of the molecule is CC(C)(C)OC(=O)N(Cl)CCCCCCN. The van der Waals surface area contributed by atoms with Gasteiger partial charge in [-0.05, 0) is 40.2 Å². The number of rotatable bonds is 6. The highest BCUT2D eigenvalue weighted by atomic mass is 35.5. The van der Waals surface area contributed by atoms with E-state index in [0.717, 1.165) is 36.6 Å². The number of carbonyl (C=O) groups excluding carboxylic acids is 1. The topological polar surface area (TPSA) is 55.6 Å². The Kier molecular flexibility index (Phi) is 7.51. The molecule has 0 atom stereocenters. The summed E-state index contributed by atoms with van der Waals surface area (Å²) in [5.74, 6) is 0. The van der Waals surface area contributed by atoms with E-state index in [-0.39, 0.29) is 0 Å². The molecule has 0 aromatic heterocycles. The van der Waals surface area contributed by atoms with Crippen molar-refractivity contribution in [3.05, 3.63) is 0 Å². The van der Waals surface area contributed by atoms with Crippen LogP contribution in [-0.2, 0) is 4.74 Å². The molecule has 2 N–H and O–H groups in total. The van der Waals surface area contributed by atoms with Crippen LogP contribution in [0, 0.1) is 0 Å². The van der Waals surface area contributed by atoms with E-state index >= 15 is 0 Å². The quantitative estimate of drug-likeness (QED) is 0.583. The van der Waals surface area contributed by atoms with Crippen LogP contribution in [-0.4, -0.2) is 29.2 Å². The van der Waals surface area contributed by atoms with E-state index in [4.69, 9.17) is 22.2 Å². The van der Waals surface area contributed by atoms with Crippen molar-refractivity contribution in [1.29, 1.82) is 0 Å². The van der Waals surface area contributed by atoms with Gasteiger partial charge < -0.3 is 10.5 Å². The molecule has 0 unspecified atom stereocenters. The second kappa shape index (κ2) is 7.74. The second-order valence-corrected chi connectivity index (χ2v) is 5.18. The van der Waals surface area contributed by atoms with Gasteiger partial charge in [-0.2, -0.15) is 0 Å². The summed E-state index contributed by atoms with van der Waals surface area (Å²) in [6.45, 7) is 6.68. The van der Waals surface area contributed by atoms with Crippen molar-refractivity contribution in [3.8, 4) is 0 Å². The zero-order valence-electron chi connectivity index (χ0n) is 10.5. The van der Waals surface area contributed by atoms with Gasteiger partial charge >= 0.3 is 6.09 Å². The van der Waals surface area contributed by atoms with Crippen molar-refractivity contribution in [2.75, 3.05) is 13.1 Å². The van der Waals surface area contributed by atoms with Crippen LogP contribution in [0.5, 0.6) is 0 Å². The molecule has 0 saturated heterocycles. The Hall–Kier alpha value is -0.480. The zero-order chi connectivity index (χ0) is 12.6. The summed E-state index contributed by atoms with van der Waals surface area (Å²) in [5, 5.41) is 0. The number of ether oxygens (including phenoxy) is 1. The molecule has 0 spiro atoms. The molecule has 0 radical (unpaired) electrons. The van der Waals surface area contributed by atoms with Gasteiger partial charge in [0.1, 0.15) is 5.60 Å². The standard InChI is InChI=1S/C11H23ClN2O2/c1-11(2,3)16-10(15)14(12)9-7-5-4-6-8-13/h4-9,13H2,1-3H3. The first-order chi connectivity index (χ1) is 7.37. The Balaban J connectivity index is 3.64. The Labute approximate surface area is 103 Å². The highest BCUT2D eigenvalue weighted by Crippen LogP contribution is 2.12. The number of halogens is 1. The van der Waals surface area contributed by atoms with Crippen LogP contribution >= 0.6 is 11.8 Å².